The molecule has 15 heavy (non-hydrogen) atoms. The average molecular weight is 216 g/mol. The van der Waals surface area contributed by atoms with E-state index in [9.17, 15) is 9.59 Å². The lowest BCUT2D eigenvalue weighted by Crippen LogP contribution is -2.38. The zero-order chi connectivity index (χ0) is 11.8. The van der Waals surface area contributed by atoms with Crippen LogP contribution in [0.15, 0.2) is 0 Å². The fourth-order valence-electron chi connectivity index (χ4n) is 1.17. The van der Waals surface area contributed by atoms with Crippen LogP contribution in [0.25, 0.3) is 0 Å². The number of hydrogen-bond donors (Lipinski definition) is 0. The van der Waals surface area contributed by atoms with Crippen LogP contribution in [-0.2, 0) is 4.74 Å². The third-order valence-corrected chi connectivity index (χ3v) is 2.22. The van der Waals surface area contributed by atoms with Crippen LogP contribution in [0.3, 0.4) is 0 Å². The number of amides is 2. The Morgan fingerprint density at radius 2 is 1.07 bits per heavy atom. The molecule has 0 aromatic carbocycles. The summed E-state index contributed by atoms with van der Waals surface area (Å²) in [6.07, 6.45) is -1.14. The normalized spacial score (nSPS) is 9.60. The SMILES string of the molecule is CCN(CC)C(=O)OC(=O)N(CC)CC. The molecule has 0 atom stereocenters. The van der Waals surface area contributed by atoms with E-state index < -0.39 is 12.2 Å². The van der Waals surface area contributed by atoms with E-state index >= 15 is 0 Å². The van der Waals surface area contributed by atoms with Crippen LogP contribution in [0.1, 0.15) is 27.7 Å². The van der Waals surface area contributed by atoms with Gasteiger partial charge in [0.1, 0.15) is 0 Å². The van der Waals surface area contributed by atoms with Gasteiger partial charge in [0.2, 0.25) is 0 Å². The molecule has 0 fully saturated rings. The zero-order valence-corrected chi connectivity index (χ0v) is 9.95. The van der Waals surface area contributed by atoms with Crippen LogP contribution < -0.4 is 0 Å². The minimum atomic E-state index is -0.572. The Bertz CT molecular complexity index is 189. The van der Waals surface area contributed by atoms with E-state index in [1.807, 2.05) is 27.7 Å². The van der Waals surface area contributed by atoms with Crippen LogP contribution in [0.2, 0.25) is 0 Å². The minimum absolute atomic E-state index is 0.543. The summed E-state index contributed by atoms with van der Waals surface area (Å²) >= 11 is 0. The third-order valence-electron chi connectivity index (χ3n) is 2.22. The van der Waals surface area contributed by atoms with E-state index in [2.05, 4.69) is 0 Å². The van der Waals surface area contributed by atoms with E-state index in [1.54, 1.807) is 0 Å². The molecule has 0 aliphatic heterocycles. The molecule has 0 aliphatic rings. The molecule has 5 nitrogen and oxygen atoms in total. The predicted octanol–water partition coefficient (Wildman–Crippen LogP) is 1.93. The first-order valence-corrected chi connectivity index (χ1v) is 5.36. The number of nitrogens with zero attached hydrogens (tertiary/aromatic N) is 2. The molecular weight excluding hydrogens is 196 g/mol. The monoisotopic (exact) mass is 216 g/mol. The van der Waals surface area contributed by atoms with Crippen molar-refractivity contribution in [2.24, 2.45) is 0 Å². The molecule has 0 aliphatic carbocycles. The van der Waals surface area contributed by atoms with Gasteiger partial charge in [0, 0.05) is 26.2 Å². The molecule has 88 valence electrons. The molecule has 0 N–H and O–H groups in total. The second-order valence-corrected chi connectivity index (χ2v) is 2.98. The van der Waals surface area contributed by atoms with Gasteiger partial charge >= 0.3 is 12.2 Å². The maximum absolute atomic E-state index is 11.4. The van der Waals surface area contributed by atoms with Crippen LogP contribution in [0, 0.1) is 0 Å². The van der Waals surface area contributed by atoms with Crippen LogP contribution >= 0.6 is 0 Å². The Balaban J connectivity index is 4.21. The largest absolute Gasteiger partial charge is 0.418 e. The number of rotatable bonds is 4. The van der Waals surface area contributed by atoms with E-state index in [-0.39, 0.29) is 0 Å². The summed E-state index contributed by atoms with van der Waals surface area (Å²) in [4.78, 5) is 25.7. The van der Waals surface area contributed by atoms with Crippen LogP contribution in [0.4, 0.5) is 9.59 Å². The summed E-state index contributed by atoms with van der Waals surface area (Å²) in [6, 6.07) is 0. The maximum Gasteiger partial charge on any atom is 0.418 e. The number of ether oxygens (including phenoxy) is 1. The highest BCUT2D eigenvalue weighted by Gasteiger charge is 2.19. The molecular formula is C10H20N2O3. The molecule has 0 radical (unpaired) electrons. The van der Waals surface area contributed by atoms with Gasteiger partial charge in [-0.2, -0.15) is 0 Å². The third kappa shape index (κ3) is 4.18. The van der Waals surface area contributed by atoms with Crippen molar-refractivity contribution in [3.05, 3.63) is 0 Å². The fraction of sp³-hybridized carbons (Fsp3) is 0.800. The van der Waals surface area contributed by atoms with Gasteiger partial charge in [0.15, 0.2) is 0 Å². The molecule has 2 amide bonds. The van der Waals surface area contributed by atoms with E-state index in [0.717, 1.165) is 0 Å². The summed E-state index contributed by atoms with van der Waals surface area (Å²) in [6.45, 7) is 9.53. The van der Waals surface area contributed by atoms with Crippen molar-refractivity contribution in [3.63, 3.8) is 0 Å². The average Bonchev–Trinajstić information content (AvgIpc) is 2.21. The van der Waals surface area contributed by atoms with E-state index in [1.165, 1.54) is 9.80 Å². The van der Waals surface area contributed by atoms with Crippen LogP contribution in [0.5, 0.6) is 0 Å². The minimum Gasteiger partial charge on any atom is -0.359 e. The van der Waals surface area contributed by atoms with Gasteiger partial charge in [0.05, 0.1) is 0 Å². The first kappa shape index (κ1) is 13.7. The Kier molecular flexibility index (Phi) is 6.49. The highest BCUT2D eigenvalue weighted by molar-refractivity contribution is 5.83. The standard InChI is InChI=1S/C10H20N2O3/c1-5-11(6-2)9(13)15-10(14)12(7-3)8-4/h5-8H2,1-4H3. The molecule has 0 bridgehead atoms. The highest BCUT2D eigenvalue weighted by Crippen LogP contribution is 1.98. The van der Waals surface area contributed by atoms with Crippen LogP contribution in [-0.4, -0.2) is 48.2 Å². The molecule has 0 heterocycles. The van der Waals surface area contributed by atoms with Crippen molar-refractivity contribution >= 4 is 12.2 Å². The van der Waals surface area contributed by atoms with Gasteiger partial charge in [-0.05, 0) is 27.7 Å². The number of carbonyl (C=O) groups is 2. The molecule has 0 aromatic rings. The van der Waals surface area contributed by atoms with Crippen molar-refractivity contribution in [2.75, 3.05) is 26.2 Å². The van der Waals surface area contributed by atoms with Crippen molar-refractivity contribution in [1.82, 2.24) is 9.80 Å². The second kappa shape index (κ2) is 7.09. The molecule has 0 unspecified atom stereocenters. The van der Waals surface area contributed by atoms with Gasteiger partial charge in [-0.15, -0.1) is 0 Å². The lowest BCUT2D eigenvalue weighted by Gasteiger charge is -2.21. The smallest absolute Gasteiger partial charge is 0.359 e. The summed E-state index contributed by atoms with van der Waals surface area (Å²) < 4.78 is 4.71. The summed E-state index contributed by atoms with van der Waals surface area (Å²) in [5.41, 5.74) is 0. The summed E-state index contributed by atoms with van der Waals surface area (Å²) in [5.74, 6) is 0. The number of hydrogen-bond acceptors (Lipinski definition) is 3. The van der Waals surface area contributed by atoms with Crippen molar-refractivity contribution in [3.8, 4) is 0 Å². The molecule has 0 saturated heterocycles. The summed E-state index contributed by atoms with van der Waals surface area (Å²) in [5, 5.41) is 0. The quantitative estimate of drug-likeness (QED) is 0.675. The first-order valence-electron chi connectivity index (χ1n) is 5.36. The highest BCUT2D eigenvalue weighted by atomic mass is 16.6. The van der Waals surface area contributed by atoms with Crippen molar-refractivity contribution in [2.45, 2.75) is 27.7 Å². The lowest BCUT2D eigenvalue weighted by atomic mass is 10.5. The van der Waals surface area contributed by atoms with Crippen molar-refractivity contribution in [1.29, 1.82) is 0 Å². The maximum atomic E-state index is 11.4. The van der Waals surface area contributed by atoms with E-state index in [0.29, 0.717) is 26.2 Å². The topological polar surface area (TPSA) is 49.9 Å². The second-order valence-electron chi connectivity index (χ2n) is 2.98. The molecule has 0 aromatic heterocycles. The van der Waals surface area contributed by atoms with Crippen molar-refractivity contribution < 1.29 is 14.3 Å². The Labute approximate surface area is 91.0 Å². The van der Waals surface area contributed by atoms with Gasteiger partial charge in [-0.25, -0.2) is 9.59 Å². The van der Waals surface area contributed by atoms with E-state index in [4.69, 9.17) is 4.74 Å². The Morgan fingerprint density at radius 1 is 0.800 bits per heavy atom. The Hall–Kier alpha value is -1.26. The van der Waals surface area contributed by atoms with Gasteiger partial charge in [0.25, 0.3) is 0 Å². The van der Waals surface area contributed by atoms with Gasteiger partial charge < -0.3 is 14.5 Å². The lowest BCUT2D eigenvalue weighted by molar-refractivity contribution is 0.0986. The predicted molar refractivity (Wildman–Crippen MR) is 57.7 cm³/mol. The molecule has 5 heteroatoms. The summed E-state index contributed by atoms with van der Waals surface area (Å²) in [7, 11) is 0. The Morgan fingerprint density at radius 3 is 1.27 bits per heavy atom. The molecule has 0 spiro atoms. The molecule has 0 saturated carbocycles. The zero-order valence-electron chi connectivity index (χ0n) is 9.95. The fourth-order valence-corrected chi connectivity index (χ4v) is 1.17. The van der Waals surface area contributed by atoms with Gasteiger partial charge in [-0.3, -0.25) is 0 Å². The van der Waals surface area contributed by atoms with Gasteiger partial charge in [-0.1, -0.05) is 0 Å². The number of carbonyl (C=O) groups excluding carboxylic acids is 2. The molecule has 0 rings (SSSR count). The first-order chi connectivity index (χ1) is 7.10.